The summed E-state index contributed by atoms with van der Waals surface area (Å²) in [5.74, 6) is 2.71. The highest BCUT2D eigenvalue weighted by Crippen LogP contribution is 2.51. The number of anilines is 1. The number of aryl methyl sites for hydroxylation is 1. The van der Waals surface area contributed by atoms with Crippen molar-refractivity contribution in [1.82, 2.24) is 20.0 Å². The van der Waals surface area contributed by atoms with Crippen LogP contribution in [0.1, 0.15) is 83.5 Å². The smallest absolute Gasteiger partial charge is 0.280 e. The van der Waals surface area contributed by atoms with Crippen molar-refractivity contribution in [3.8, 4) is 27.5 Å². The largest absolute Gasteiger partial charge is 0.496 e. The van der Waals surface area contributed by atoms with Crippen molar-refractivity contribution in [2.45, 2.75) is 63.5 Å². The van der Waals surface area contributed by atoms with Crippen molar-refractivity contribution in [3.63, 3.8) is 0 Å². The van der Waals surface area contributed by atoms with Crippen molar-refractivity contribution in [2.75, 3.05) is 32.2 Å². The molecule has 10 nitrogen and oxygen atoms in total. The predicted octanol–water partition coefficient (Wildman–Crippen LogP) is 7.06. The quantitative estimate of drug-likeness (QED) is 0.181. The molecule has 0 spiro atoms. The number of fused-ring (bicyclic) bond motifs is 5. The summed E-state index contributed by atoms with van der Waals surface area (Å²) in [5, 5.41) is 7.28. The van der Waals surface area contributed by atoms with Crippen molar-refractivity contribution >= 4 is 33.1 Å². The number of methoxy groups -OCH3 is 1. The Kier molecular flexibility index (Phi) is 7.34. The van der Waals surface area contributed by atoms with Gasteiger partial charge >= 0.3 is 0 Å². The predicted molar refractivity (Wildman–Crippen MR) is 184 cm³/mol. The molecule has 1 amide bonds. The Morgan fingerprint density at radius 2 is 1.98 bits per heavy atom. The molecule has 0 unspecified atom stereocenters. The first-order chi connectivity index (χ1) is 23.6. The van der Waals surface area contributed by atoms with Crippen molar-refractivity contribution < 1.29 is 18.8 Å². The average molecular weight is 664 g/mol. The van der Waals surface area contributed by atoms with Crippen LogP contribution in [0.25, 0.3) is 31.9 Å². The van der Waals surface area contributed by atoms with Crippen LogP contribution in [-0.2, 0) is 17.6 Å². The van der Waals surface area contributed by atoms with Crippen LogP contribution in [0.15, 0.2) is 51.9 Å². The SMILES string of the molecule is COc1cccc2c1CC[C@H]2Nc1nccc2cc(-c3c4c(nc(CCC5CCOCC5)c3-c3cc(=O)[nH]o3)[C@@H]3CCCN3C4=O)sc12. The van der Waals surface area contributed by atoms with Crippen LogP contribution in [0.4, 0.5) is 5.82 Å². The minimum Gasteiger partial charge on any atom is -0.496 e. The molecule has 246 valence electrons. The number of carbonyl (C=O) groups excluding carboxylic acids is 1. The van der Waals surface area contributed by atoms with Gasteiger partial charge in [0.15, 0.2) is 5.76 Å². The molecular formula is C37H37N5O5S. The molecule has 48 heavy (non-hydrogen) atoms. The minimum absolute atomic E-state index is 0.00977. The monoisotopic (exact) mass is 663 g/mol. The van der Waals surface area contributed by atoms with E-state index < -0.39 is 0 Å². The zero-order chi connectivity index (χ0) is 32.4. The third-order valence-corrected chi connectivity index (χ3v) is 11.9. The summed E-state index contributed by atoms with van der Waals surface area (Å²) >= 11 is 1.62. The first-order valence-electron chi connectivity index (χ1n) is 17.0. The molecule has 9 rings (SSSR count). The molecule has 5 aromatic rings. The van der Waals surface area contributed by atoms with E-state index >= 15 is 0 Å². The Morgan fingerprint density at radius 1 is 1.08 bits per heavy atom. The maximum Gasteiger partial charge on any atom is 0.280 e. The summed E-state index contributed by atoms with van der Waals surface area (Å²) < 4.78 is 18.1. The Balaban J connectivity index is 1.19. The van der Waals surface area contributed by atoms with Gasteiger partial charge in [0, 0.05) is 36.4 Å². The maximum absolute atomic E-state index is 14.2. The van der Waals surface area contributed by atoms with E-state index in [2.05, 4.69) is 22.6 Å². The van der Waals surface area contributed by atoms with Crippen LogP contribution >= 0.6 is 11.3 Å². The normalized spacial score (nSPS) is 20.4. The molecule has 0 bridgehead atoms. The summed E-state index contributed by atoms with van der Waals surface area (Å²) in [5.41, 5.74) is 6.09. The number of thiophene rings is 1. The van der Waals surface area contributed by atoms with Crippen LogP contribution in [0.2, 0.25) is 0 Å². The molecule has 2 N–H and O–H groups in total. The number of nitrogens with zero attached hydrogens (tertiary/aromatic N) is 3. The van der Waals surface area contributed by atoms with E-state index in [9.17, 15) is 9.59 Å². The lowest BCUT2D eigenvalue weighted by atomic mass is 9.89. The van der Waals surface area contributed by atoms with Gasteiger partial charge in [-0.15, -0.1) is 11.3 Å². The molecule has 4 aliphatic rings. The third kappa shape index (κ3) is 4.85. The molecule has 7 heterocycles. The Morgan fingerprint density at radius 3 is 2.81 bits per heavy atom. The number of hydrogen-bond acceptors (Lipinski definition) is 9. The molecule has 2 fully saturated rings. The second-order valence-electron chi connectivity index (χ2n) is 13.3. The number of nitrogens with one attached hydrogen (secondary N) is 2. The first kappa shape index (κ1) is 29.6. The average Bonchev–Trinajstić information content (AvgIpc) is 3.95. The van der Waals surface area contributed by atoms with Gasteiger partial charge < -0.3 is 24.2 Å². The molecule has 3 aliphatic heterocycles. The molecule has 2 atom stereocenters. The van der Waals surface area contributed by atoms with Gasteiger partial charge in [0.25, 0.3) is 11.5 Å². The molecule has 1 aromatic carbocycles. The van der Waals surface area contributed by atoms with E-state index in [1.165, 1.54) is 17.2 Å². The maximum atomic E-state index is 14.2. The third-order valence-electron chi connectivity index (χ3n) is 10.7. The lowest BCUT2D eigenvalue weighted by Gasteiger charge is -2.23. The Bertz CT molecular complexity index is 2110. The Labute approximate surface area is 281 Å². The number of H-pyrrole nitrogens is 1. The first-order valence-corrected chi connectivity index (χ1v) is 17.8. The zero-order valence-corrected chi connectivity index (χ0v) is 27.7. The standard InChI is InChI=1S/C37H37N5O5S/c1-45-27-6-2-4-22-23(27)8-10-24(22)40-36-35-21(11-14-38-36)18-29(48-35)32-31(28-19-30(43)41-47-28)25(9-7-20-12-16-46-17-13-20)39-34-26-5-3-15-42(26)37(44)33(32)34/h2,4,6,11,14,18-20,24,26H,3,5,7-10,12-13,15-17H2,1H3,(H,38,40)(H,41,43)/t24-,26+/m1/s1. The van der Waals surface area contributed by atoms with Gasteiger partial charge in [0.05, 0.1) is 52.5 Å². The molecule has 11 heteroatoms. The summed E-state index contributed by atoms with van der Waals surface area (Å²) in [6, 6.07) is 12.0. The van der Waals surface area contributed by atoms with Gasteiger partial charge in [-0.2, -0.15) is 5.16 Å². The molecule has 0 saturated carbocycles. The van der Waals surface area contributed by atoms with Gasteiger partial charge in [-0.3, -0.25) is 14.6 Å². The summed E-state index contributed by atoms with van der Waals surface area (Å²) in [7, 11) is 1.72. The number of pyridine rings is 2. The lowest BCUT2D eigenvalue weighted by molar-refractivity contribution is 0.0639. The van der Waals surface area contributed by atoms with E-state index in [4.69, 9.17) is 24.0 Å². The summed E-state index contributed by atoms with van der Waals surface area (Å²) in [6.07, 6.45) is 9.33. The zero-order valence-electron chi connectivity index (χ0n) is 26.8. The number of rotatable bonds is 8. The van der Waals surface area contributed by atoms with Gasteiger partial charge in [-0.05, 0) is 92.0 Å². The number of ether oxygens (including phenoxy) is 2. The molecule has 1 aliphatic carbocycles. The number of benzene rings is 1. The van der Waals surface area contributed by atoms with Crippen molar-refractivity contribution in [2.24, 2.45) is 5.92 Å². The molecule has 0 radical (unpaired) electrons. The Hall–Kier alpha value is -4.48. The fraction of sp³-hybridized carbons (Fsp3) is 0.405. The van der Waals surface area contributed by atoms with Crippen LogP contribution in [-0.4, -0.2) is 52.8 Å². The number of aromatic amines is 1. The highest BCUT2D eigenvalue weighted by molar-refractivity contribution is 7.23. The molecule has 2 saturated heterocycles. The van der Waals surface area contributed by atoms with Gasteiger partial charge in [0.2, 0.25) is 0 Å². The fourth-order valence-electron chi connectivity index (χ4n) is 8.34. The van der Waals surface area contributed by atoms with Crippen LogP contribution in [0.3, 0.4) is 0 Å². The highest BCUT2D eigenvalue weighted by atomic mass is 32.1. The van der Waals surface area contributed by atoms with E-state index in [1.807, 2.05) is 29.3 Å². The van der Waals surface area contributed by atoms with Gasteiger partial charge in [-0.1, -0.05) is 12.1 Å². The van der Waals surface area contributed by atoms with Crippen LogP contribution in [0, 0.1) is 5.92 Å². The highest BCUT2D eigenvalue weighted by Gasteiger charge is 2.44. The van der Waals surface area contributed by atoms with Crippen molar-refractivity contribution in [1.29, 1.82) is 0 Å². The lowest BCUT2D eigenvalue weighted by Crippen LogP contribution is -2.22. The van der Waals surface area contributed by atoms with E-state index in [-0.39, 0.29) is 23.6 Å². The van der Waals surface area contributed by atoms with Crippen molar-refractivity contribution in [3.05, 3.63) is 81.0 Å². The minimum atomic E-state index is -0.320. The van der Waals surface area contributed by atoms with Gasteiger partial charge in [0.1, 0.15) is 11.6 Å². The summed E-state index contributed by atoms with van der Waals surface area (Å²) in [4.78, 5) is 39.7. The number of hydrogen-bond donors (Lipinski definition) is 2. The second-order valence-corrected chi connectivity index (χ2v) is 14.4. The van der Waals surface area contributed by atoms with E-state index in [0.717, 1.165) is 120 Å². The van der Waals surface area contributed by atoms with Crippen LogP contribution < -0.4 is 15.6 Å². The van der Waals surface area contributed by atoms with Gasteiger partial charge in [-0.25, -0.2) is 4.98 Å². The molecule has 4 aromatic heterocycles. The second kappa shape index (κ2) is 11.9. The fourth-order valence-corrected chi connectivity index (χ4v) is 9.51. The molecular weight excluding hydrogens is 627 g/mol. The number of aromatic nitrogens is 3. The summed E-state index contributed by atoms with van der Waals surface area (Å²) in [6.45, 7) is 2.29. The number of amides is 1. The van der Waals surface area contributed by atoms with E-state index in [1.54, 1.807) is 18.4 Å². The number of carbonyl (C=O) groups is 1. The topological polar surface area (TPSA) is 123 Å². The van der Waals surface area contributed by atoms with E-state index in [0.29, 0.717) is 17.2 Å². The van der Waals surface area contributed by atoms with Crippen LogP contribution in [0.5, 0.6) is 5.75 Å².